The minimum atomic E-state index is -0.272. The lowest BCUT2D eigenvalue weighted by molar-refractivity contribution is -0.151. The van der Waals surface area contributed by atoms with Gasteiger partial charge in [-0.05, 0) is 24.1 Å². The van der Waals surface area contributed by atoms with E-state index < -0.39 is 0 Å². The molecule has 3 aliphatic rings. The molecule has 1 N–H and O–H groups in total. The molecule has 0 aromatic rings. The molecular formula is C14H16N2O3S. The molecule has 106 valence electrons. The van der Waals surface area contributed by atoms with E-state index in [4.69, 9.17) is 0 Å². The van der Waals surface area contributed by atoms with E-state index in [1.165, 1.54) is 41.7 Å². The van der Waals surface area contributed by atoms with E-state index in [9.17, 15) is 14.4 Å². The van der Waals surface area contributed by atoms with Crippen LogP contribution in [0.5, 0.6) is 0 Å². The Morgan fingerprint density at radius 1 is 1.35 bits per heavy atom. The molecule has 6 heteroatoms. The predicted molar refractivity (Wildman–Crippen MR) is 77.6 cm³/mol. The van der Waals surface area contributed by atoms with Crippen LogP contribution in [0.1, 0.15) is 20.3 Å². The summed E-state index contributed by atoms with van der Waals surface area (Å²) in [6.07, 6.45) is 0.387. The molecule has 1 aliphatic heterocycles. The van der Waals surface area contributed by atoms with Crippen molar-refractivity contribution < 1.29 is 14.4 Å². The van der Waals surface area contributed by atoms with Gasteiger partial charge in [0.2, 0.25) is 11.8 Å². The van der Waals surface area contributed by atoms with Crippen LogP contribution in [-0.4, -0.2) is 33.7 Å². The van der Waals surface area contributed by atoms with Crippen LogP contribution in [-0.2, 0) is 14.4 Å². The number of hydrogen-bond donors (Lipinski definition) is 1. The molecule has 2 aliphatic carbocycles. The SMILES string of the molecule is CC(=O)CS[C@@H]1CC(=O)N1NC(C)=O.c1cc2cc-2c1. The molecule has 0 unspecified atom stereocenters. The number of fused-ring (bicyclic) bond motifs is 1. The van der Waals surface area contributed by atoms with Crippen molar-refractivity contribution in [3.05, 3.63) is 24.3 Å². The third-order valence-electron chi connectivity index (χ3n) is 2.78. The smallest absolute Gasteiger partial charge is 0.245 e. The van der Waals surface area contributed by atoms with E-state index in [-0.39, 0.29) is 23.0 Å². The Labute approximate surface area is 121 Å². The van der Waals surface area contributed by atoms with E-state index in [0.717, 1.165) is 0 Å². The number of rotatable bonds is 4. The van der Waals surface area contributed by atoms with Crippen molar-refractivity contribution in [2.24, 2.45) is 0 Å². The number of β-lactam (4-membered cyclic amide) rings is 1. The predicted octanol–water partition coefficient (Wildman–Crippen LogP) is 1.59. The molecule has 0 saturated carbocycles. The number of thioether (sulfide) groups is 1. The van der Waals surface area contributed by atoms with Gasteiger partial charge < -0.3 is 0 Å². The van der Waals surface area contributed by atoms with E-state index >= 15 is 0 Å². The number of amides is 2. The van der Waals surface area contributed by atoms with Gasteiger partial charge in [-0.3, -0.25) is 19.8 Å². The average Bonchev–Trinajstić information content (AvgIpc) is 2.98. The number of nitrogens with zero attached hydrogens (tertiary/aromatic N) is 1. The van der Waals surface area contributed by atoms with Crippen LogP contribution in [0.25, 0.3) is 11.1 Å². The number of carbonyl (C=O) groups excluding carboxylic acids is 3. The van der Waals surface area contributed by atoms with Gasteiger partial charge in [0.05, 0.1) is 12.2 Å². The Bertz CT molecular complexity index is 542. The molecule has 1 heterocycles. The van der Waals surface area contributed by atoms with Crippen molar-refractivity contribution in [1.29, 1.82) is 0 Å². The highest BCUT2D eigenvalue weighted by atomic mass is 32.2. The van der Waals surface area contributed by atoms with Gasteiger partial charge in [-0.2, -0.15) is 0 Å². The number of nitrogens with one attached hydrogen (secondary N) is 1. The van der Waals surface area contributed by atoms with Crippen molar-refractivity contribution >= 4 is 29.4 Å². The molecule has 0 aromatic heterocycles. The fourth-order valence-corrected chi connectivity index (χ4v) is 2.72. The second kappa shape index (κ2) is 6.09. The quantitative estimate of drug-likeness (QED) is 0.869. The standard InChI is InChI=1S/C8H12N2O3S.C6H4/c1-5(11)4-14-8-3-7(13)10(8)9-6(2)12;1-2-5-4-6(5)3-1/h8H,3-4H2,1-2H3,(H,9,12);1-4H/t8-;/m1./s1. The largest absolute Gasteiger partial charge is 0.299 e. The van der Waals surface area contributed by atoms with Crippen molar-refractivity contribution in [2.45, 2.75) is 25.6 Å². The molecule has 0 spiro atoms. The van der Waals surface area contributed by atoms with Crippen LogP contribution in [0.2, 0.25) is 0 Å². The number of hydrazine groups is 1. The Hall–Kier alpha value is -1.82. The van der Waals surface area contributed by atoms with E-state index in [1.54, 1.807) is 0 Å². The van der Waals surface area contributed by atoms with Gasteiger partial charge in [0.1, 0.15) is 11.2 Å². The third kappa shape index (κ3) is 3.84. The molecule has 1 saturated heterocycles. The Morgan fingerprint density at radius 3 is 2.35 bits per heavy atom. The van der Waals surface area contributed by atoms with Gasteiger partial charge in [-0.1, -0.05) is 18.2 Å². The minimum absolute atomic E-state index is 0.0668. The summed E-state index contributed by atoms with van der Waals surface area (Å²) in [7, 11) is 0. The zero-order valence-corrected chi connectivity index (χ0v) is 12.2. The van der Waals surface area contributed by atoms with Crippen molar-refractivity contribution in [3.63, 3.8) is 0 Å². The van der Waals surface area contributed by atoms with Gasteiger partial charge in [0, 0.05) is 6.92 Å². The highest BCUT2D eigenvalue weighted by Gasteiger charge is 2.37. The summed E-state index contributed by atoms with van der Waals surface area (Å²) in [5.74, 6) is 0.0541. The monoisotopic (exact) mass is 292 g/mol. The van der Waals surface area contributed by atoms with E-state index in [1.807, 2.05) is 0 Å². The Balaban J connectivity index is 0.000000198. The fourth-order valence-electron chi connectivity index (χ4n) is 1.71. The third-order valence-corrected chi connectivity index (χ3v) is 4.11. The first-order chi connectivity index (χ1) is 9.47. The van der Waals surface area contributed by atoms with Crippen molar-refractivity contribution in [1.82, 2.24) is 10.4 Å². The van der Waals surface area contributed by atoms with Gasteiger partial charge in [0.25, 0.3) is 0 Å². The molecule has 3 rings (SSSR count). The number of carbonyl (C=O) groups is 3. The van der Waals surface area contributed by atoms with Gasteiger partial charge >= 0.3 is 0 Å². The maximum Gasteiger partial charge on any atom is 0.245 e. The van der Waals surface area contributed by atoms with Gasteiger partial charge in [-0.15, -0.1) is 11.8 Å². The lowest BCUT2D eigenvalue weighted by atomic mass is 10.2. The van der Waals surface area contributed by atoms with Crippen molar-refractivity contribution in [3.8, 4) is 11.1 Å². The highest BCUT2D eigenvalue weighted by Crippen LogP contribution is 2.32. The van der Waals surface area contributed by atoms with Crippen LogP contribution in [0.3, 0.4) is 0 Å². The van der Waals surface area contributed by atoms with Crippen LogP contribution in [0.4, 0.5) is 0 Å². The van der Waals surface area contributed by atoms with Crippen molar-refractivity contribution in [2.75, 3.05) is 5.75 Å². The highest BCUT2D eigenvalue weighted by molar-refractivity contribution is 8.00. The van der Waals surface area contributed by atoms with Crippen LogP contribution in [0, 0.1) is 0 Å². The van der Waals surface area contributed by atoms with Crippen LogP contribution < -0.4 is 5.43 Å². The molecule has 0 radical (unpaired) electrons. The summed E-state index contributed by atoms with van der Waals surface area (Å²) in [6, 6.07) is 8.48. The number of benzene rings is 1. The number of Topliss-reactive ketones (excluding diaryl/α,β-unsaturated/α-hetero) is 1. The summed E-state index contributed by atoms with van der Waals surface area (Å²) in [6.45, 7) is 2.84. The zero-order chi connectivity index (χ0) is 14.7. The summed E-state index contributed by atoms with van der Waals surface area (Å²) >= 11 is 1.37. The summed E-state index contributed by atoms with van der Waals surface area (Å²) in [5, 5.41) is 1.19. The van der Waals surface area contributed by atoms with Crippen LogP contribution in [0.15, 0.2) is 24.3 Å². The van der Waals surface area contributed by atoms with E-state index in [2.05, 4.69) is 29.7 Å². The number of ketones is 1. The molecule has 20 heavy (non-hydrogen) atoms. The molecule has 0 aromatic carbocycles. The normalized spacial score (nSPS) is 17.6. The molecule has 2 amide bonds. The summed E-state index contributed by atoms with van der Waals surface area (Å²) < 4.78 is 0. The maximum absolute atomic E-state index is 11.0. The van der Waals surface area contributed by atoms with Gasteiger partial charge in [0.15, 0.2) is 0 Å². The first-order valence-electron chi connectivity index (χ1n) is 6.28. The Morgan fingerprint density at radius 2 is 2.00 bits per heavy atom. The fraction of sp³-hybridized carbons (Fsp3) is 0.357. The Kier molecular flexibility index (Phi) is 4.44. The molecule has 1 fully saturated rings. The average molecular weight is 292 g/mol. The lowest BCUT2D eigenvalue weighted by Crippen LogP contribution is -2.59. The first-order valence-corrected chi connectivity index (χ1v) is 7.33. The van der Waals surface area contributed by atoms with E-state index in [0.29, 0.717) is 12.2 Å². The van der Waals surface area contributed by atoms with Crippen LogP contribution >= 0.6 is 11.8 Å². The first kappa shape index (κ1) is 14.6. The summed E-state index contributed by atoms with van der Waals surface area (Å²) in [4.78, 5) is 32.4. The summed E-state index contributed by atoms with van der Waals surface area (Å²) in [5.41, 5.74) is 5.27. The second-order valence-corrected chi connectivity index (χ2v) is 5.85. The molecule has 1 atom stereocenters. The second-order valence-electron chi connectivity index (χ2n) is 4.68. The maximum atomic E-state index is 11.0. The van der Waals surface area contributed by atoms with Gasteiger partial charge in [-0.25, -0.2) is 5.01 Å². The number of hydrogen-bond acceptors (Lipinski definition) is 4. The minimum Gasteiger partial charge on any atom is -0.299 e. The lowest BCUT2D eigenvalue weighted by Gasteiger charge is -2.38. The zero-order valence-electron chi connectivity index (χ0n) is 11.4. The topological polar surface area (TPSA) is 66.5 Å². The molecule has 0 bridgehead atoms. The molecular weight excluding hydrogens is 276 g/mol. The molecule has 5 nitrogen and oxygen atoms in total.